The van der Waals surface area contributed by atoms with Gasteiger partial charge in [0, 0.05) is 22.9 Å². The van der Waals surface area contributed by atoms with Crippen molar-refractivity contribution in [2.45, 2.75) is 17.3 Å². The number of hydrogen-bond donors (Lipinski definition) is 0. The van der Waals surface area contributed by atoms with Crippen molar-refractivity contribution >= 4 is 40.2 Å². The number of fused-ring (bicyclic) bond motifs is 1. The summed E-state index contributed by atoms with van der Waals surface area (Å²) in [5, 5.41) is 20.5. The molecule has 0 fully saturated rings. The lowest BCUT2D eigenvalue weighted by Gasteiger charge is -2.05. The molecule has 0 radical (unpaired) electrons. The van der Waals surface area contributed by atoms with E-state index in [0.717, 1.165) is 11.1 Å². The minimum absolute atomic E-state index is 0.0701. The normalized spacial score (nSPS) is 11.0. The predicted octanol–water partition coefficient (Wildman–Crippen LogP) is 4.12. The third kappa shape index (κ3) is 3.80. The Bertz CT molecular complexity index is 1150. The van der Waals surface area contributed by atoms with E-state index in [0.29, 0.717) is 33.5 Å². The van der Waals surface area contributed by atoms with Gasteiger partial charge in [0.15, 0.2) is 11.2 Å². The average molecular weight is 413 g/mol. The maximum absolute atomic E-state index is 10.7. The summed E-state index contributed by atoms with van der Waals surface area (Å²) in [5.74, 6) is 0.599. The standard InChI is InChI=1S/C18H13ClN6O2S/c19-15-4-2-1-3-13(15)9-24-17-16(22-23-24)18(21-11-20-17)28-10-12-5-7-14(8-6-12)25(26)27/h1-8,11H,9-10H2. The number of benzene rings is 2. The Balaban J connectivity index is 1.55. The monoisotopic (exact) mass is 412 g/mol. The molecule has 0 saturated carbocycles. The van der Waals surface area contributed by atoms with Gasteiger partial charge in [-0.15, -0.1) is 5.10 Å². The Morgan fingerprint density at radius 2 is 1.89 bits per heavy atom. The molecule has 0 aliphatic heterocycles. The number of nitrogens with zero attached hydrogens (tertiary/aromatic N) is 6. The number of nitro groups is 1. The Morgan fingerprint density at radius 1 is 1.11 bits per heavy atom. The molecule has 4 rings (SSSR count). The molecule has 0 aliphatic carbocycles. The van der Waals surface area contributed by atoms with Crippen molar-refractivity contribution in [1.29, 1.82) is 0 Å². The largest absolute Gasteiger partial charge is 0.269 e. The lowest BCUT2D eigenvalue weighted by molar-refractivity contribution is -0.384. The third-order valence-electron chi connectivity index (χ3n) is 4.07. The molecule has 0 aliphatic rings. The van der Waals surface area contributed by atoms with E-state index in [1.165, 1.54) is 30.2 Å². The summed E-state index contributed by atoms with van der Waals surface area (Å²) >= 11 is 7.71. The lowest BCUT2D eigenvalue weighted by Crippen LogP contribution is -2.03. The molecule has 4 aromatic rings. The third-order valence-corrected chi connectivity index (χ3v) is 5.49. The van der Waals surface area contributed by atoms with Crippen LogP contribution in [0.4, 0.5) is 5.69 Å². The minimum atomic E-state index is -0.414. The van der Waals surface area contributed by atoms with E-state index in [1.807, 2.05) is 24.3 Å². The van der Waals surface area contributed by atoms with E-state index in [1.54, 1.807) is 16.8 Å². The second-order valence-corrected chi connectivity index (χ2v) is 7.27. The highest BCUT2D eigenvalue weighted by Crippen LogP contribution is 2.27. The van der Waals surface area contributed by atoms with Gasteiger partial charge in [0.05, 0.1) is 11.5 Å². The predicted molar refractivity (Wildman–Crippen MR) is 106 cm³/mol. The number of non-ortho nitro benzene ring substituents is 1. The molecule has 0 bridgehead atoms. The Morgan fingerprint density at radius 3 is 2.64 bits per heavy atom. The van der Waals surface area contributed by atoms with Gasteiger partial charge in [-0.3, -0.25) is 10.1 Å². The first-order valence-electron chi connectivity index (χ1n) is 8.25. The molecule has 2 aromatic carbocycles. The molecular formula is C18H13ClN6O2S. The first kappa shape index (κ1) is 18.3. The highest BCUT2D eigenvalue weighted by atomic mass is 35.5. The van der Waals surface area contributed by atoms with E-state index < -0.39 is 4.92 Å². The second kappa shape index (κ2) is 7.91. The van der Waals surface area contributed by atoms with Crippen molar-refractivity contribution in [3.8, 4) is 0 Å². The SMILES string of the molecule is O=[N+]([O-])c1ccc(CSc2ncnc3c2nnn3Cc2ccccc2Cl)cc1. The number of aromatic nitrogens is 5. The summed E-state index contributed by atoms with van der Waals surface area (Å²) in [4.78, 5) is 19.0. The summed E-state index contributed by atoms with van der Waals surface area (Å²) in [7, 11) is 0. The molecule has 0 amide bonds. The fourth-order valence-corrected chi connectivity index (χ4v) is 3.72. The van der Waals surface area contributed by atoms with Crippen LogP contribution in [0.3, 0.4) is 0 Å². The molecule has 140 valence electrons. The van der Waals surface area contributed by atoms with Crippen molar-refractivity contribution in [3.05, 3.63) is 81.1 Å². The van der Waals surface area contributed by atoms with Crippen molar-refractivity contribution in [1.82, 2.24) is 25.0 Å². The van der Waals surface area contributed by atoms with Gasteiger partial charge in [-0.05, 0) is 17.2 Å². The second-order valence-electron chi connectivity index (χ2n) is 5.90. The molecule has 0 spiro atoms. The fourth-order valence-electron chi connectivity index (χ4n) is 2.64. The molecule has 28 heavy (non-hydrogen) atoms. The summed E-state index contributed by atoms with van der Waals surface area (Å²) in [5.41, 5.74) is 3.18. The van der Waals surface area contributed by atoms with Crippen LogP contribution in [0.25, 0.3) is 11.2 Å². The van der Waals surface area contributed by atoms with Gasteiger partial charge in [-0.2, -0.15) is 0 Å². The number of thioether (sulfide) groups is 1. The average Bonchev–Trinajstić information content (AvgIpc) is 3.12. The van der Waals surface area contributed by atoms with Gasteiger partial charge in [0.25, 0.3) is 5.69 Å². The Kier molecular flexibility index (Phi) is 5.18. The maximum atomic E-state index is 10.7. The van der Waals surface area contributed by atoms with Gasteiger partial charge in [-0.1, -0.05) is 58.9 Å². The molecule has 0 unspecified atom stereocenters. The van der Waals surface area contributed by atoms with Crippen LogP contribution in [0.2, 0.25) is 5.02 Å². The Labute approximate surface area is 168 Å². The van der Waals surface area contributed by atoms with Crippen LogP contribution in [0, 0.1) is 10.1 Å². The van der Waals surface area contributed by atoms with Crippen molar-refractivity contribution in [2.75, 3.05) is 0 Å². The smallest absolute Gasteiger partial charge is 0.258 e. The topological polar surface area (TPSA) is 99.6 Å². The molecule has 0 saturated heterocycles. The Hall–Kier alpha value is -3.04. The van der Waals surface area contributed by atoms with Gasteiger partial charge in [-0.25, -0.2) is 14.6 Å². The summed E-state index contributed by atoms with van der Waals surface area (Å²) in [6, 6.07) is 14.0. The first-order valence-corrected chi connectivity index (χ1v) is 9.62. The van der Waals surface area contributed by atoms with E-state index in [2.05, 4.69) is 20.3 Å². The lowest BCUT2D eigenvalue weighted by atomic mass is 10.2. The van der Waals surface area contributed by atoms with Crippen LogP contribution in [0.15, 0.2) is 59.9 Å². The summed E-state index contributed by atoms with van der Waals surface area (Å²) in [6.45, 7) is 0.458. The highest BCUT2D eigenvalue weighted by molar-refractivity contribution is 7.98. The van der Waals surface area contributed by atoms with Crippen molar-refractivity contribution in [3.63, 3.8) is 0 Å². The van der Waals surface area contributed by atoms with Crippen LogP contribution < -0.4 is 0 Å². The zero-order valence-corrected chi connectivity index (χ0v) is 16.0. The zero-order chi connectivity index (χ0) is 19.5. The highest BCUT2D eigenvalue weighted by Gasteiger charge is 2.14. The van der Waals surface area contributed by atoms with E-state index in [9.17, 15) is 10.1 Å². The molecule has 8 nitrogen and oxygen atoms in total. The first-order chi connectivity index (χ1) is 13.6. The van der Waals surface area contributed by atoms with Crippen molar-refractivity contribution in [2.24, 2.45) is 0 Å². The molecule has 2 heterocycles. The number of rotatable bonds is 6. The summed E-state index contributed by atoms with van der Waals surface area (Å²) in [6.07, 6.45) is 1.48. The van der Waals surface area contributed by atoms with Crippen LogP contribution in [-0.2, 0) is 12.3 Å². The van der Waals surface area contributed by atoms with Gasteiger partial charge < -0.3 is 0 Å². The molecular weight excluding hydrogens is 400 g/mol. The molecule has 0 atom stereocenters. The number of hydrogen-bond acceptors (Lipinski definition) is 7. The van der Waals surface area contributed by atoms with Gasteiger partial charge in [0.2, 0.25) is 0 Å². The number of halogens is 1. The molecule has 10 heteroatoms. The van der Waals surface area contributed by atoms with E-state index in [-0.39, 0.29) is 5.69 Å². The quantitative estimate of drug-likeness (QED) is 0.203. The van der Waals surface area contributed by atoms with Gasteiger partial charge in [0.1, 0.15) is 11.4 Å². The minimum Gasteiger partial charge on any atom is -0.258 e. The molecule has 2 aromatic heterocycles. The van der Waals surface area contributed by atoms with Crippen LogP contribution in [0.5, 0.6) is 0 Å². The van der Waals surface area contributed by atoms with Crippen molar-refractivity contribution < 1.29 is 4.92 Å². The summed E-state index contributed by atoms with van der Waals surface area (Å²) < 4.78 is 1.69. The van der Waals surface area contributed by atoms with Gasteiger partial charge >= 0.3 is 0 Å². The van der Waals surface area contributed by atoms with E-state index in [4.69, 9.17) is 11.6 Å². The van der Waals surface area contributed by atoms with Crippen LogP contribution in [0.1, 0.15) is 11.1 Å². The van der Waals surface area contributed by atoms with Crippen LogP contribution >= 0.6 is 23.4 Å². The fraction of sp³-hybridized carbons (Fsp3) is 0.111. The van der Waals surface area contributed by atoms with E-state index >= 15 is 0 Å². The van der Waals surface area contributed by atoms with Crippen LogP contribution in [-0.4, -0.2) is 29.9 Å². The molecule has 0 N–H and O–H groups in total. The zero-order valence-electron chi connectivity index (χ0n) is 14.4. The number of nitro benzene ring substituents is 1. The maximum Gasteiger partial charge on any atom is 0.269 e.